The Morgan fingerprint density at radius 3 is 2.53 bits per heavy atom. The summed E-state index contributed by atoms with van der Waals surface area (Å²) in [7, 11) is -3.52. The molecule has 170 valence electrons. The van der Waals surface area contributed by atoms with E-state index in [1.807, 2.05) is 46.1 Å². The van der Waals surface area contributed by atoms with Crippen LogP contribution < -0.4 is 5.32 Å². The summed E-state index contributed by atoms with van der Waals surface area (Å²) in [6.07, 6.45) is 4.45. The zero-order chi connectivity index (χ0) is 22.6. The second-order valence-electron chi connectivity index (χ2n) is 7.47. The average molecular weight is 494 g/mol. The number of halogens is 1. The zero-order valence-electron chi connectivity index (χ0n) is 17.4. The Kier molecular flexibility index (Phi) is 7.27. The van der Waals surface area contributed by atoms with Crippen LogP contribution in [0.2, 0.25) is 4.34 Å². The molecule has 3 aromatic rings. The molecular formula is C21H24ClN5O3S2. The van der Waals surface area contributed by atoms with Crippen LogP contribution in [0.1, 0.15) is 5.56 Å². The molecule has 32 heavy (non-hydrogen) atoms. The molecule has 0 radical (unpaired) electrons. The van der Waals surface area contributed by atoms with Crippen LogP contribution in [0.5, 0.6) is 0 Å². The molecule has 0 unspecified atom stereocenters. The topological polar surface area (TPSA) is 87.5 Å². The van der Waals surface area contributed by atoms with E-state index in [9.17, 15) is 13.2 Å². The van der Waals surface area contributed by atoms with E-state index in [1.165, 1.54) is 10.4 Å². The van der Waals surface area contributed by atoms with Gasteiger partial charge in [0.2, 0.25) is 5.91 Å². The summed E-state index contributed by atoms with van der Waals surface area (Å²) in [5.41, 5.74) is 2.03. The maximum Gasteiger partial charge on any atom is 0.252 e. The number of carbonyl (C=O) groups excluding carboxylic acids is 1. The van der Waals surface area contributed by atoms with E-state index in [4.69, 9.17) is 11.6 Å². The van der Waals surface area contributed by atoms with E-state index in [2.05, 4.69) is 10.4 Å². The number of piperazine rings is 1. The quantitative estimate of drug-likeness (QED) is 0.520. The number of benzene rings is 1. The van der Waals surface area contributed by atoms with Gasteiger partial charge >= 0.3 is 0 Å². The Morgan fingerprint density at radius 1 is 1.09 bits per heavy atom. The summed E-state index contributed by atoms with van der Waals surface area (Å²) in [6.45, 7) is 2.49. The Balaban J connectivity index is 1.19. The van der Waals surface area contributed by atoms with Crippen molar-refractivity contribution in [2.45, 2.75) is 10.6 Å². The number of sulfonamides is 1. The van der Waals surface area contributed by atoms with Crippen molar-refractivity contribution in [2.75, 3.05) is 39.3 Å². The van der Waals surface area contributed by atoms with Gasteiger partial charge in [0.25, 0.3) is 10.0 Å². The van der Waals surface area contributed by atoms with E-state index >= 15 is 0 Å². The van der Waals surface area contributed by atoms with Gasteiger partial charge in [-0.15, -0.1) is 11.3 Å². The number of hydrogen-bond donors (Lipinski definition) is 1. The van der Waals surface area contributed by atoms with E-state index < -0.39 is 10.0 Å². The fourth-order valence-electron chi connectivity index (χ4n) is 3.51. The first-order valence-corrected chi connectivity index (χ1v) is 12.9. The van der Waals surface area contributed by atoms with Crippen molar-refractivity contribution in [2.24, 2.45) is 0 Å². The van der Waals surface area contributed by atoms with Gasteiger partial charge < -0.3 is 5.32 Å². The lowest BCUT2D eigenvalue weighted by Crippen LogP contribution is -2.51. The fraction of sp³-hybridized carbons (Fsp3) is 0.333. The lowest BCUT2D eigenvalue weighted by molar-refractivity contribution is -0.122. The molecule has 1 N–H and O–H groups in total. The first-order chi connectivity index (χ1) is 15.4. The minimum absolute atomic E-state index is 0.0678. The average Bonchev–Trinajstić information content (AvgIpc) is 3.44. The molecule has 0 spiro atoms. The van der Waals surface area contributed by atoms with Crippen molar-refractivity contribution in [1.82, 2.24) is 24.3 Å². The zero-order valence-corrected chi connectivity index (χ0v) is 19.7. The first kappa shape index (κ1) is 22.9. The summed E-state index contributed by atoms with van der Waals surface area (Å²) in [5.74, 6) is -0.0678. The molecule has 3 heterocycles. The van der Waals surface area contributed by atoms with Gasteiger partial charge in [-0.25, -0.2) is 13.1 Å². The molecule has 11 heteroatoms. The third-order valence-electron chi connectivity index (χ3n) is 5.23. The second kappa shape index (κ2) is 10.1. The predicted molar refractivity (Wildman–Crippen MR) is 125 cm³/mol. The number of hydrogen-bond acceptors (Lipinski definition) is 6. The summed E-state index contributed by atoms with van der Waals surface area (Å²) in [5, 5.41) is 7.30. The molecule has 0 saturated carbocycles. The molecule has 1 aliphatic heterocycles. The van der Waals surface area contributed by atoms with Crippen LogP contribution in [0.4, 0.5) is 0 Å². The number of carbonyl (C=O) groups is 1. The molecule has 0 aliphatic carbocycles. The number of rotatable bonds is 8. The highest BCUT2D eigenvalue weighted by atomic mass is 35.5. The number of thiophene rings is 1. The lowest BCUT2D eigenvalue weighted by atomic mass is 10.2. The van der Waals surface area contributed by atoms with Crippen molar-refractivity contribution >= 4 is 38.9 Å². The van der Waals surface area contributed by atoms with Crippen molar-refractivity contribution < 1.29 is 13.2 Å². The van der Waals surface area contributed by atoms with Gasteiger partial charge in [0.1, 0.15) is 4.21 Å². The summed E-state index contributed by atoms with van der Waals surface area (Å²) >= 11 is 6.93. The van der Waals surface area contributed by atoms with Gasteiger partial charge in [0.05, 0.1) is 22.8 Å². The van der Waals surface area contributed by atoms with E-state index in [0.29, 0.717) is 43.5 Å². The largest absolute Gasteiger partial charge is 0.355 e. The van der Waals surface area contributed by atoms with Crippen LogP contribution in [0.25, 0.3) is 5.69 Å². The second-order valence-corrected chi connectivity index (χ2v) is 11.3. The van der Waals surface area contributed by atoms with Gasteiger partial charge in [-0.1, -0.05) is 29.8 Å². The van der Waals surface area contributed by atoms with Crippen LogP contribution in [0, 0.1) is 0 Å². The van der Waals surface area contributed by atoms with E-state index in [1.54, 1.807) is 12.3 Å². The highest BCUT2D eigenvalue weighted by Crippen LogP contribution is 2.28. The molecule has 0 bridgehead atoms. The summed E-state index contributed by atoms with van der Waals surface area (Å²) in [6, 6.07) is 13.0. The van der Waals surface area contributed by atoms with Gasteiger partial charge in [-0.05, 0) is 36.2 Å². The normalized spacial score (nSPS) is 15.7. The van der Waals surface area contributed by atoms with Gasteiger partial charge in [-0.2, -0.15) is 9.40 Å². The number of aromatic nitrogens is 2. The molecule has 2 aromatic heterocycles. The molecule has 1 aromatic carbocycles. The van der Waals surface area contributed by atoms with Crippen molar-refractivity contribution in [3.05, 3.63) is 64.8 Å². The first-order valence-electron chi connectivity index (χ1n) is 10.3. The Labute approximate surface area is 196 Å². The highest BCUT2D eigenvalue weighted by Gasteiger charge is 2.30. The number of nitrogens with zero attached hydrogens (tertiary/aromatic N) is 4. The molecule has 4 rings (SSSR count). The molecule has 1 fully saturated rings. The fourth-order valence-corrected chi connectivity index (χ4v) is 6.57. The van der Waals surface area contributed by atoms with Crippen LogP contribution in [-0.2, 0) is 21.2 Å². The molecule has 0 atom stereocenters. The standard InChI is InChI=1S/C21H24ClN5O3S2/c22-19-6-7-21(31-19)32(29,30)26-12-10-25(11-13-26)16-20(28)23-9-8-17-14-24-27(15-17)18-4-2-1-3-5-18/h1-7,14-15H,8-13,16H2,(H,23,28). The van der Waals surface area contributed by atoms with Crippen LogP contribution in [0.3, 0.4) is 0 Å². The molecule has 8 nitrogen and oxygen atoms in total. The van der Waals surface area contributed by atoms with Gasteiger partial charge in [0, 0.05) is 38.9 Å². The van der Waals surface area contributed by atoms with Crippen molar-refractivity contribution in [1.29, 1.82) is 0 Å². The molecule has 1 aliphatic rings. The molecular weight excluding hydrogens is 470 g/mol. The number of nitrogens with one attached hydrogen (secondary N) is 1. The van der Waals surface area contributed by atoms with Crippen LogP contribution >= 0.6 is 22.9 Å². The van der Waals surface area contributed by atoms with Crippen LogP contribution in [0.15, 0.2) is 59.1 Å². The minimum Gasteiger partial charge on any atom is -0.355 e. The number of amides is 1. The molecule has 1 saturated heterocycles. The summed E-state index contributed by atoms with van der Waals surface area (Å²) < 4.78 is 29.3. The third-order valence-corrected chi connectivity index (χ3v) is 8.83. The predicted octanol–water partition coefficient (Wildman–Crippen LogP) is 2.25. The monoisotopic (exact) mass is 493 g/mol. The Bertz CT molecular complexity index is 1160. The lowest BCUT2D eigenvalue weighted by Gasteiger charge is -2.33. The third kappa shape index (κ3) is 5.57. The Hall–Kier alpha value is -2.24. The highest BCUT2D eigenvalue weighted by molar-refractivity contribution is 7.91. The smallest absolute Gasteiger partial charge is 0.252 e. The Morgan fingerprint density at radius 2 is 1.84 bits per heavy atom. The van der Waals surface area contributed by atoms with E-state index in [0.717, 1.165) is 22.6 Å². The molecule has 1 amide bonds. The van der Waals surface area contributed by atoms with Crippen molar-refractivity contribution in [3.8, 4) is 5.69 Å². The van der Waals surface area contributed by atoms with Gasteiger partial charge in [-0.3, -0.25) is 9.69 Å². The maximum absolute atomic E-state index is 12.7. The van der Waals surface area contributed by atoms with Crippen molar-refractivity contribution in [3.63, 3.8) is 0 Å². The maximum atomic E-state index is 12.7. The SMILES string of the molecule is O=C(CN1CCN(S(=O)(=O)c2ccc(Cl)s2)CC1)NCCc1cnn(-c2ccccc2)c1. The van der Waals surface area contributed by atoms with E-state index in [-0.39, 0.29) is 16.7 Å². The minimum atomic E-state index is -3.52. The van der Waals surface area contributed by atoms with Gasteiger partial charge in [0.15, 0.2) is 0 Å². The summed E-state index contributed by atoms with van der Waals surface area (Å²) in [4.78, 5) is 14.3. The number of para-hydroxylation sites is 1. The van der Waals surface area contributed by atoms with Crippen LogP contribution in [-0.4, -0.2) is 72.6 Å².